The van der Waals surface area contributed by atoms with Crippen LogP contribution in [0.3, 0.4) is 0 Å². The Morgan fingerprint density at radius 2 is 2.32 bits per heavy atom. The first-order valence-corrected chi connectivity index (χ1v) is 7.13. The van der Waals surface area contributed by atoms with Crippen molar-refractivity contribution in [2.24, 2.45) is 0 Å². The molecular formula is C13H21ClN4O. The van der Waals surface area contributed by atoms with Gasteiger partial charge in [0.05, 0.1) is 11.9 Å². The average Bonchev–Trinajstić information content (AvgIpc) is 3.23. The van der Waals surface area contributed by atoms with Crippen LogP contribution in [0.2, 0.25) is 5.02 Å². The molecule has 106 valence electrons. The summed E-state index contributed by atoms with van der Waals surface area (Å²) in [5.74, 6) is 0. The predicted molar refractivity (Wildman–Crippen MR) is 77.9 cm³/mol. The number of likely N-dealkylation sites (N-methyl/N-ethyl adjacent to an activating group) is 1. The third-order valence-electron chi connectivity index (χ3n) is 3.69. The molecule has 1 atom stereocenters. The Kier molecular flexibility index (Phi) is 4.47. The van der Waals surface area contributed by atoms with E-state index in [-0.39, 0.29) is 10.6 Å². The molecule has 1 aromatic heterocycles. The molecule has 0 saturated heterocycles. The molecule has 0 spiro atoms. The highest BCUT2D eigenvalue weighted by Gasteiger charge is 2.28. The third-order valence-corrected chi connectivity index (χ3v) is 4.06. The van der Waals surface area contributed by atoms with Crippen molar-refractivity contribution in [1.82, 2.24) is 14.7 Å². The van der Waals surface area contributed by atoms with Gasteiger partial charge in [-0.1, -0.05) is 11.6 Å². The monoisotopic (exact) mass is 284 g/mol. The van der Waals surface area contributed by atoms with E-state index in [0.29, 0.717) is 18.3 Å². The Bertz CT molecular complexity index is 498. The molecule has 1 unspecified atom stereocenters. The maximum atomic E-state index is 11.8. The van der Waals surface area contributed by atoms with Gasteiger partial charge in [-0.3, -0.25) is 9.69 Å². The summed E-state index contributed by atoms with van der Waals surface area (Å²) in [6.07, 6.45) is 4.20. The number of hydrogen-bond donors (Lipinski definition) is 1. The van der Waals surface area contributed by atoms with Crippen LogP contribution in [0.5, 0.6) is 0 Å². The van der Waals surface area contributed by atoms with Crippen LogP contribution in [0.25, 0.3) is 0 Å². The lowest BCUT2D eigenvalue weighted by Gasteiger charge is -2.25. The summed E-state index contributed by atoms with van der Waals surface area (Å²) in [7, 11) is 2.14. The summed E-state index contributed by atoms with van der Waals surface area (Å²) in [5, 5.41) is 7.51. The quantitative estimate of drug-likeness (QED) is 0.866. The lowest BCUT2D eigenvalue weighted by atomic mass is 10.3. The Balaban J connectivity index is 1.99. The van der Waals surface area contributed by atoms with Gasteiger partial charge in [-0.2, -0.15) is 5.10 Å². The molecule has 0 aliphatic heterocycles. The van der Waals surface area contributed by atoms with Gasteiger partial charge in [0.25, 0.3) is 5.56 Å². The van der Waals surface area contributed by atoms with Gasteiger partial charge < -0.3 is 5.32 Å². The minimum absolute atomic E-state index is 0.220. The number of hydrogen-bond acceptors (Lipinski definition) is 4. The number of aromatic nitrogens is 2. The summed E-state index contributed by atoms with van der Waals surface area (Å²) in [4.78, 5) is 14.2. The smallest absolute Gasteiger partial charge is 0.287 e. The molecule has 1 saturated carbocycles. The maximum Gasteiger partial charge on any atom is 0.287 e. The molecule has 1 fully saturated rings. The van der Waals surface area contributed by atoms with Crippen LogP contribution in [0.4, 0.5) is 5.69 Å². The first kappa shape index (κ1) is 14.3. The van der Waals surface area contributed by atoms with Crippen molar-refractivity contribution in [2.45, 2.75) is 45.3 Å². The number of rotatable bonds is 6. The van der Waals surface area contributed by atoms with Crippen molar-refractivity contribution < 1.29 is 0 Å². The second-order valence-corrected chi connectivity index (χ2v) is 5.50. The van der Waals surface area contributed by atoms with E-state index in [1.165, 1.54) is 17.5 Å². The normalized spacial score (nSPS) is 16.7. The SMILES string of the molecule is CCn1ncc(NCC(C)N(C)C2CC2)c(Cl)c1=O. The van der Waals surface area contributed by atoms with Gasteiger partial charge in [0.2, 0.25) is 0 Å². The largest absolute Gasteiger partial charge is 0.381 e. The number of nitrogens with one attached hydrogen (secondary N) is 1. The first-order chi connectivity index (χ1) is 9.04. The lowest BCUT2D eigenvalue weighted by molar-refractivity contribution is 0.257. The van der Waals surface area contributed by atoms with Crippen LogP contribution in [-0.4, -0.2) is 40.4 Å². The van der Waals surface area contributed by atoms with Crippen LogP contribution < -0.4 is 10.9 Å². The number of anilines is 1. The molecule has 6 heteroatoms. The van der Waals surface area contributed by atoms with Crippen molar-refractivity contribution in [3.8, 4) is 0 Å². The molecule has 5 nitrogen and oxygen atoms in total. The molecule has 1 heterocycles. The lowest BCUT2D eigenvalue weighted by Crippen LogP contribution is -2.36. The first-order valence-electron chi connectivity index (χ1n) is 6.76. The Hall–Kier alpha value is -1.07. The summed E-state index contributed by atoms with van der Waals surface area (Å²) in [6.45, 7) is 5.31. The van der Waals surface area contributed by atoms with E-state index in [1.54, 1.807) is 6.20 Å². The van der Waals surface area contributed by atoms with E-state index in [4.69, 9.17) is 11.6 Å². The standard InChI is InChI=1S/C13H21ClN4O/c1-4-18-13(19)12(14)11(8-16-18)15-7-9(2)17(3)10-5-6-10/h8-10,15H,4-7H2,1-3H3. The van der Waals surface area contributed by atoms with E-state index in [0.717, 1.165) is 12.6 Å². The molecule has 0 aromatic carbocycles. The highest BCUT2D eigenvalue weighted by atomic mass is 35.5. The van der Waals surface area contributed by atoms with Crippen LogP contribution in [0.15, 0.2) is 11.0 Å². The Labute approximate surface area is 118 Å². The highest BCUT2D eigenvalue weighted by molar-refractivity contribution is 6.32. The van der Waals surface area contributed by atoms with E-state index in [2.05, 4.69) is 29.3 Å². The maximum absolute atomic E-state index is 11.8. The molecular weight excluding hydrogens is 264 g/mol. The van der Waals surface area contributed by atoms with Gasteiger partial charge in [-0.05, 0) is 33.7 Å². The van der Waals surface area contributed by atoms with Crippen LogP contribution in [0.1, 0.15) is 26.7 Å². The van der Waals surface area contributed by atoms with Crippen molar-refractivity contribution in [1.29, 1.82) is 0 Å². The topological polar surface area (TPSA) is 50.2 Å². The number of aryl methyl sites for hydroxylation is 1. The summed E-state index contributed by atoms with van der Waals surface area (Å²) >= 11 is 6.07. The van der Waals surface area contributed by atoms with Gasteiger partial charge in [-0.25, -0.2) is 4.68 Å². The van der Waals surface area contributed by atoms with Crippen LogP contribution >= 0.6 is 11.6 Å². The van der Waals surface area contributed by atoms with Gasteiger partial charge >= 0.3 is 0 Å². The zero-order chi connectivity index (χ0) is 14.0. The van der Waals surface area contributed by atoms with Gasteiger partial charge in [0, 0.05) is 25.2 Å². The number of nitrogens with zero attached hydrogens (tertiary/aromatic N) is 3. The Morgan fingerprint density at radius 1 is 1.63 bits per heavy atom. The molecule has 0 amide bonds. The fourth-order valence-electron chi connectivity index (χ4n) is 2.06. The summed E-state index contributed by atoms with van der Waals surface area (Å²) in [6, 6.07) is 1.12. The van der Waals surface area contributed by atoms with Gasteiger partial charge in [-0.15, -0.1) is 0 Å². The molecule has 2 rings (SSSR count). The minimum atomic E-state index is -0.239. The molecule has 1 aliphatic rings. The zero-order valence-corrected chi connectivity index (χ0v) is 12.4. The van der Waals surface area contributed by atoms with Crippen molar-refractivity contribution in [3.63, 3.8) is 0 Å². The van der Waals surface area contributed by atoms with Crippen LogP contribution in [0, 0.1) is 0 Å². The van der Waals surface area contributed by atoms with E-state index >= 15 is 0 Å². The number of halogens is 1. The van der Waals surface area contributed by atoms with Gasteiger partial charge in [0.1, 0.15) is 5.02 Å². The average molecular weight is 285 g/mol. The van der Waals surface area contributed by atoms with E-state index < -0.39 is 0 Å². The van der Waals surface area contributed by atoms with E-state index in [1.807, 2.05) is 6.92 Å². The molecule has 1 aromatic rings. The van der Waals surface area contributed by atoms with E-state index in [9.17, 15) is 4.79 Å². The second-order valence-electron chi connectivity index (χ2n) is 5.12. The molecule has 19 heavy (non-hydrogen) atoms. The highest BCUT2D eigenvalue weighted by Crippen LogP contribution is 2.27. The molecule has 1 aliphatic carbocycles. The summed E-state index contributed by atoms with van der Waals surface area (Å²) in [5.41, 5.74) is 0.379. The van der Waals surface area contributed by atoms with Gasteiger partial charge in [0.15, 0.2) is 0 Å². The minimum Gasteiger partial charge on any atom is -0.381 e. The van der Waals surface area contributed by atoms with Crippen molar-refractivity contribution in [2.75, 3.05) is 18.9 Å². The zero-order valence-electron chi connectivity index (χ0n) is 11.7. The fraction of sp³-hybridized carbons (Fsp3) is 0.692. The second kappa shape index (κ2) is 5.92. The molecule has 1 N–H and O–H groups in total. The Morgan fingerprint density at radius 3 is 2.89 bits per heavy atom. The van der Waals surface area contributed by atoms with Crippen LogP contribution in [-0.2, 0) is 6.54 Å². The molecule has 0 bridgehead atoms. The van der Waals surface area contributed by atoms with Crippen molar-refractivity contribution in [3.05, 3.63) is 21.6 Å². The predicted octanol–water partition coefficient (Wildman–Crippen LogP) is 1.81. The molecule has 0 radical (unpaired) electrons. The third kappa shape index (κ3) is 3.28. The van der Waals surface area contributed by atoms with Crippen molar-refractivity contribution >= 4 is 17.3 Å². The summed E-state index contributed by atoms with van der Waals surface area (Å²) < 4.78 is 1.35. The fourth-order valence-corrected chi connectivity index (χ4v) is 2.27.